The first kappa shape index (κ1) is 25.8. The molecule has 3 heterocycles. The average molecular weight is 562 g/mol. The number of allylic oxidation sites excluding steroid dienone is 11. The second-order valence-electron chi connectivity index (χ2n) is 14.0. The molecule has 2 aromatic rings. The molecule has 0 saturated heterocycles. The van der Waals surface area contributed by atoms with Gasteiger partial charge < -0.3 is 9.64 Å². The van der Waals surface area contributed by atoms with Crippen LogP contribution in [0.3, 0.4) is 0 Å². The van der Waals surface area contributed by atoms with Crippen LogP contribution in [0, 0.1) is 0 Å². The van der Waals surface area contributed by atoms with E-state index < -0.39 is 0 Å². The standard InChI is InChI=1S/C40H40BNO/c1-39-24-11-12-25-40(39,2)42-37-30(28-16-7-4-8-17-28)23-22-29(27-14-5-3-6-15-27)36-26-34(37)41(32-19-9-10-21-35(32)43-36)33-20-13-18-31(39)38(33)42/h3,5,7,9-10,13-14,16-21,23H,4,6,8,11-12,15,22,24-26H2,1-2H3. The molecule has 0 amide bonds. The molecule has 2 unspecified atom stereocenters. The van der Waals surface area contributed by atoms with Crippen molar-refractivity contribution in [1.82, 2.24) is 0 Å². The third kappa shape index (κ3) is 3.48. The summed E-state index contributed by atoms with van der Waals surface area (Å²) in [6, 6.07) is 16.2. The SMILES string of the molecule is CC12CCCCC1(C)N1C3=C4CC(=C(C5=CC=CCC5)CC=C3C3=CCCC=C3)Oc3ccccc3B4c3cccc2c31. The fourth-order valence-corrected chi connectivity index (χ4v) is 9.64. The van der Waals surface area contributed by atoms with Crippen LogP contribution in [0.15, 0.2) is 124 Å². The first-order chi connectivity index (χ1) is 21.1. The molecule has 43 heavy (non-hydrogen) atoms. The lowest BCUT2D eigenvalue weighted by atomic mass is 9.33. The maximum absolute atomic E-state index is 7.07. The Morgan fingerprint density at radius 2 is 1.77 bits per heavy atom. The lowest BCUT2D eigenvalue weighted by Crippen LogP contribution is -2.59. The minimum atomic E-state index is 0.0320. The molecule has 1 fully saturated rings. The van der Waals surface area contributed by atoms with Gasteiger partial charge in [0.15, 0.2) is 0 Å². The number of hydrogen-bond acceptors (Lipinski definition) is 2. The molecule has 2 nitrogen and oxygen atoms in total. The van der Waals surface area contributed by atoms with Gasteiger partial charge in [-0.3, -0.25) is 0 Å². The molecular formula is C40H40BNO. The monoisotopic (exact) mass is 561 g/mol. The van der Waals surface area contributed by atoms with Crippen molar-refractivity contribution >= 4 is 23.3 Å². The Morgan fingerprint density at radius 1 is 0.884 bits per heavy atom. The van der Waals surface area contributed by atoms with Crippen LogP contribution in [-0.2, 0) is 5.41 Å². The van der Waals surface area contributed by atoms with E-state index in [2.05, 4.69) is 104 Å². The third-order valence-corrected chi connectivity index (χ3v) is 12.0. The summed E-state index contributed by atoms with van der Waals surface area (Å²) >= 11 is 0. The molecule has 3 aliphatic heterocycles. The average Bonchev–Trinajstić information content (AvgIpc) is 3.13. The van der Waals surface area contributed by atoms with Gasteiger partial charge >= 0.3 is 0 Å². The molecule has 7 aliphatic rings. The largest absolute Gasteiger partial charge is 0.462 e. The van der Waals surface area contributed by atoms with E-state index in [9.17, 15) is 0 Å². The number of hydrogen-bond donors (Lipinski definition) is 0. The van der Waals surface area contributed by atoms with Crippen molar-refractivity contribution in [2.24, 2.45) is 0 Å². The van der Waals surface area contributed by atoms with Crippen LogP contribution in [0.1, 0.15) is 83.6 Å². The van der Waals surface area contributed by atoms with Crippen molar-refractivity contribution in [2.45, 2.75) is 89.0 Å². The van der Waals surface area contributed by atoms with Gasteiger partial charge in [-0.05, 0) is 91.1 Å². The first-order valence-electron chi connectivity index (χ1n) is 16.7. The van der Waals surface area contributed by atoms with Crippen molar-refractivity contribution in [2.75, 3.05) is 4.90 Å². The van der Waals surface area contributed by atoms with Gasteiger partial charge in [0.05, 0.1) is 5.54 Å². The Kier molecular flexibility index (Phi) is 5.62. The van der Waals surface area contributed by atoms with E-state index in [4.69, 9.17) is 4.74 Å². The highest BCUT2D eigenvalue weighted by Gasteiger charge is 2.61. The molecule has 2 aromatic carbocycles. The van der Waals surface area contributed by atoms with Crippen LogP contribution < -0.4 is 20.6 Å². The van der Waals surface area contributed by atoms with Crippen LogP contribution in [-0.4, -0.2) is 12.3 Å². The van der Waals surface area contributed by atoms with Crippen molar-refractivity contribution < 1.29 is 4.74 Å². The molecule has 2 atom stereocenters. The highest BCUT2D eigenvalue weighted by atomic mass is 16.5. The Hall–Kier alpha value is -3.72. The predicted octanol–water partition coefficient (Wildman–Crippen LogP) is 8.43. The molecule has 3 heteroatoms. The van der Waals surface area contributed by atoms with Crippen LogP contribution in [0.25, 0.3) is 0 Å². The summed E-state index contributed by atoms with van der Waals surface area (Å²) in [6.45, 7) is 5.35. The third-order valence-electron chi connectivity index (χ3n) is 12.0. The number of benzene rings is 2. The smallest absolute Gasteiger partial charge is 0.247 e. The van der Waals surface area contributed by atoms with Gasteiger partial charge in [0.25, 0.3) is 0 Å². The van der Waals surface area contributed by atoms with Crippen LogP contribution in [0.2, 0.25) is 0 Å². The summed E-state index contributed by atoms with van der Waals surface area (Å²) in [5.41, 5.74) is 14.7. The lowest BCUT2D eigenvalue weighted by Gasteiger charge is -2.53. The van der Waals surface area contributed by atoms with Gasteiger partial charge in [-0.1, -0.05) is 104 Å². The Morgan fingerprint density at radius 3 is 2.63 bits per heavy atom. The molecule has 0 spiro atoms. The molecule has 9 rings (SSSR count). The quantitative estimate of drug-likeness (QED) is 0.341. The van der Waals surface area contributed by atoms with Gasteiger partial charge in [0.2, 0.25) is 6.71 Å². The summed E-state index contributed by atoms with van der Waals surface area (Å²) in [5, 5.41) is 0. The van der Waals surface area contributed by atoms with Crippen molar-refractivity contribution in [3.63, 3.8) is 0 Å². The van der Waals surface area contributed by atoms with E-state index in [1.807, 2.05) is 0 Å². The van der Waals surface area contributed by atoms with E-state index in [1.165, 1.54) is 75.8 Å². The minimum Gasteiger partial charge on any atom is -0.462 e. The zero-order valence-corrected chi connectivity index (χ0v) is 25.6. The summed E-state index contributed by atoms with van der Waals surface area (Å²) in [7, 11) is 0. The van der Waals surface area contributed by atoms with E-state index in [0.29, 0.717) is 0 Å². The molecule has 2 bridgehead atoms. The normalized spacial score (nSPS) is 28.6. The molecule has 1 saturated carbocycles. The van der Waals surface area contributed by atoms with E-state index in [0.717, 1.165) is 50.0 Å². The summed E-state index contributed by atoms with van der Waals surface area (Å²) in [4.78, 5) is 2.89. The summed E-state index contributed by atoms with van der Waals surface area (Å²) in [6.07, 6.45) is 28.0. The van der Waals surface area contributed by atoms with Crippen molar-refractivity contribution in [3.8, 4) is 5.75 Å². The van der Waals surface area contributed by atoms with Crippen molar-refractivity contribution in [1.29, 1.82) is 0 Å². The van der Waals surface area contributed by atoms with Crippen LogP contribution >= 0.6 is 0 Å². The highest BCUT2D eigenvalue weighted by molar-refractivity contribution is 6.93. The first-order valence-corrected chi connectivity index (χ1v) is 16.7. The summed E-state index contributed by atoms with van der Waals surface area (Å²) < 4.78 is 7.07. The second kappa shape index (κ2) is 9.39. The second-order valence-corrected chi connectivity index (χ2v) is 14.0. The van der Waals surface area contributed by atoms with Crippen molar-refractivity contribution in [3.05, 3.63) is 130 Å². The number of para-hydroxylation sites is 2. The van der Waals surface area contributed by atoms with Gasteiger partial charge in [0, 0.05) is 28.8 Å². The fraction of sp³-hybridized carbons (Fsp3) is 0.350. The number of rotatable bonds is 2. The topological polar surface area (TPSA) is 12.5 Å². The predicted molar refractivity (Wildman–Crippen MR) is 180 cm³/mol. The van der Waals surface area contributed by atoms with Gasteiger partial charge in [0.1, 0.15) is 11.5 Å². The number of ether oxygens (including phenoxy) is 1. The molecule has 0 aromatic heterocycles. The Balaban J connectivity index is 1.40. The zero-order valence-electron chi connectivity index (χ0n) is 25.6. The molecule has 0 N–H and O–H groups in total. The van der Waals surface area contributed by atoms with E-state index in [-0.39, 0.29) is 17.7 Å². The van der Waals surface area contributed by atoms with E-state index >= 15 is 0 Å². The number of anilines is 1. The lowest BCUT2D eigenvalue weighted by molar-refractivity contribution is 0.191. The number of fused-ring (bicyclic) bond motifs is 8. The Labute approximate surface area is 257 Å². The fourth-order valence-electron chi connectivity index (χ4n) is 9.64. The minimum absolute atomic E-state index is 0.0320. The summed E-state index contributed by atoms with van der Waals surface area (Å²) in [5.74, 6) is 2.18. The van der Waals surface area contributed by atoms with Gasteiger partial charge in [-0.2, -0.15) is 0 Å². The molecule has 4 aliphatic carbocycles. The highest BCUT2D eigenvalue weighted by Crippen LogP contribution is 2.62. The van der Waals surface area contributed by atoms with Gasteiger partial charge in [-0.15, -0.1) is 0 Å². The van der Waals surface area contributed by atoms with Crippen LogP contribution in [0.4, 0.5) is 5.69 Å². The molecular weight excluding hydrogens is 521 g/mol. The maximum Gasteiger partial charge on any atom is 0.247 e. The number of nitrogens with zero attached hydrogens (tertiary/aromatic N) is 1. The van der Waals surface area contributed by atoms with Crippen LogP contribution in [0.5, 0.6) is 5.75 Å². The zero-order chi connectivity index (χ0) is 28.8. The molecule has 214 valence electrons. The Bertz CT molecular complexity index is 1800. The van der Waals surface area contributed by atoms with Gasteiger partial charge in [-0.25, -0.2) is 0 Å². The van der Waals surface area contributed by atoms with E-state index in [1.54, 1.807) is 5.56 Å². The maximum atomic E-state index is 7.07. The molecule has 0 radical (unpaired) electrons.